The molecule has 0 radical (unpaired) electrons. The Labute approximate surface area is 130 Å². The third-order valence-electron chi connectivity index (χ3n) is 2.99. The summed E-state index contributed by atoms with van der Waals surface area (Å²) in [5, 5.41) is 1.20. The predicted molar refractivity (Wildman–Crippen MR) is 81.7 cm³/mol. The monoisotopic (exact) mass is 318 g/mol. The average molecular weight is 318 g/mol. The average Bonchev–Trinajstić information content (AvgIpc) is 2.55. The number of alkyl halides is 3. The van der Waals surface area contributed by atoms with Gasteiger partial charge in [0.25, 0.3) is 0 Å². The molecule has 0 spiro atoms. The summed E-state index contributed by atoms with van der Waals surface area (Å²) in [6.07, 6.45) is -2.63. The molecule has 0 saturated carbocycles. The van der Waals surface area contributed by atoms with Gasteiger partial charge in [-0.05, 0) is 30.3 Å². The molecule has 0 aliphatic rings. The van der Waals surface area contributed by atoms with Crippen LogP contribution in [0.25, 0.3) is 10.9 Å². The molecule has 0 fully saturated rings. The summed E-state index contributed by atoms with van der Waals surface area (Å²) in [4.78, 5) is 14.7. The Kier molecular flexibility index (Phi) is 4.95. The van der Waals surface area contributed by atoms with Gasteiger partial charge in [-0.1, -0.05) is 30.3 Å². The third kappa shape index (κ3) is 4.54. The lowest BCUT2D eigenvalue weighted by Crippen LogP contribution is -2.13. The molecule has 0 aliphatic carbocycles. The number of para-hydroxylation sites is 1. The first-order chi connectivity index (χ1) is 10.9. The van der Waals surface area contributed by atoms with Crippen LogP contribution in [0.2, 0.25) is 0 Å². The molecule has 1 heterocycles. The van der Waals surface area contributed by atoms with E-state index in [0.29, 0.717) is 0 Å². The van der Waals surface area contributed by atoms with Gasteiger partial charge < -0.3 is 5.73 Å². The van der Waals surface area contributed by atoms with E-state index >= 15 is 0 Å². The van der Waals surface area contributed by atoms with E-state index in [0.717, 1.165) is 23.7 Å². The molecule has 0 bridgehead atoms. The first-order valence-electron chi connectivity index (χ1n) is 6.65. The maximum Gasteiger partial charge on any atom is 0.416 e. The van der Waals surface area contributed by atoms with Crippen LogP contribution in [0.5, 0.6) is 0 Å². The molecule has 2 aromatic carbocycles. The van der Waals surface area contributed by atoms with Crippen LogP contribution in [0.3, 0.4) is 0 Å². The van der Waals surface area contributed by atoms with Gasteiger partial charge in [-0.25, -0.2) is 0 Å². The number of benzene rings is 2. The zero-order valence-corrected chi connectivity index (χ0v) is 11.9. The molecule has 0 unspecified atom stereocenters. The molecule has 0 aliphatic heterocycles. The van der Waals surface area contributed by atoms with Crippen LogP contribution in [0.15, 0.2) is 66.9 Å². The number of carbonyl (C=O) groups is 1. The normalized spacial score (nSPS) is 10.7. The predicted octanol–water partition coefficient (Wildman–Crippen LogP) is 4.04. The number of primary amides is 1. The van der Waals surface area contributed by atoms with Crippen molar-refractivity contribution in [3.63, 3.8) is 0 Å². The van der Waals surface area contributed by atoms with Gasteiger partial charge in [0.05, 0.1) is 11.1 Å². The van der Waals surface area contributed by atoms with Crippen molar-refractivity contribution in [3.8, 4) is 0 Å². The van der Waals surface area contributed by atoms with E-state index < -0.39 is 17.6 Å². The Morgan fingerprint density at radius 1 is 0.957 bits per heavy atom. The van der Waals surface area contributed by atoms with Gasteiger partial charge >= 0.3 is 6.18 Å². The summed E-state index contributed by atoms with van der Waals surface area (Å²) in [7, 11) is 0. The Morgan fingerprint density at radius 2 is 1.65 bits per heavy atom. The Hall–Kier alpha value is -2.89. The molecule has 118 valence electrons. The van der Waals surface area contributed by atoms with Crippen molar-refractivity contribution in [3.05, 3.63) is 78.0 Å². The molecule has 6 heteroatoms. The van der Waals surface area contributed by atoms with Gasteiger partial charge in [0.1, 0.15) is 0 Å². The summed E-state index contributed by atoms with van der Waals surface area (Å²) in [5.74, 6) is -0.869. The minimum absolute atomic E-state index is 0.144. The zero-order valence-electron chi connectivity index (χ0n) is 11.9. The van der Waals surface area contributed by atoms with Gasteiger partial charge in [-0.2, -0.15) is 13.2 Å². The quantitative estimate of drug-likeness (QED) is 0.736. The standard InChI is InChI=1S/C9H7N.C8H6F3NO/c1-2-6-9-8(4-1)5-3-7-10-9;9-8(10,11)6-3-1-2-5(4-6)7(12)13/h1-7H;1-4H,(H2,12,13). The number of amides is 1. The highest BCUT2D eigenvalue weighted by molar-refractivity contribution is 5.92. The molecular formula is C17H13F3N2O. The Balaban J connectivity index is 0.000000172. The number of nitrogens with two attached hydrogens (primary N) is 1. The molecule has 0 saturated heterocycles. The van der Waals surface area contributed by atoms with Crippen molar-refractivity contribution in [2.45, 2.75) is 6.18 Å². The van der Waals surface area contributed by atoms with Crippen molar-refractivity contribution in [1.29, 1.82) is 0 Å². The summed E-state index contributed by atoms with van der Waals surface area (Å²) >= 11 is 0. The van der Waals surface area contributed by atoms with Crippen molar-refractivity contribution in [1.82, 2.24) is 4.98 Å². The first kappa shape index (κ1) is 16.5. The molecule has 2 N–H and O–H groups in total. The van der Waals surface area contributed by atoms with Crippen LogP contribution >= 0.6 is 0 Å². The van der Waals surface area contributed by atoms with E-state index in [1.54, 1.807) is 0 Å². The Morgan fingerprint density at radius 3 is 2.30 bits per heavy atom. The van der Waals surface area contributed by atoms with Crippen molar-refractivity contribution in [2.75, 3.05) is 0 Å². The molecule has 1 aromatic heterocycles. The van der Waals surface area contributed by atoms with E-state index in [-0.39, 0.29) is 5.56 Å². The smallest absolute Gasteiger partial charge is 0.366 e. The summed E-state index contributed by atoms with van der Waals surface area (Å²) in [6.45, 7) is 0. The lowest BCUT2D eigenvalue weighted by atomic mass is 10.1. The summed E-state index contributed by atoms with van der Waals surface area (Å²) < 4.78 is 36.2. The second-order valence-corrected chi connectivity index (χ2v) is 4.64. The van der Waals surface area contributed by atoms with E-state index in [9.17, 15) is 18.0 Å². The number of rotatable bonds is 1. The molecular weight excluding hydrogens is 305 g/mol. The van der Waals surface area contributed by atoms with E-state index in [2.05, 4.69) is 17.1 Å². The van der Waals surface area contributed by atoms with Gasteiger partial charge in [0.15, 0.2) is 0 Å². The number of nitrogens with zero attached hydrogens (tertiary/aromatic N) is 1. The fourth-order valence-corrected chi connectivity index (χ4v) is 1.86. The molecule has 23 heavy (non-hydrogen) atoms. The highest BCUT2D eigenvalue weighted by atomic mass is 19.4. The summed E-state index contributed by atoms with van der Waals surface area (Å²) in [6, 6.07) is 16.1. The van der Waals surface area contributed by atoms with Gasteiger partial charge in [0.2, 0.25) is 5.91 Å². The van der Waals surface area contributed by atoms with Crippen LogP contribution in [0.4, 0.5) is 13.2 Å². The number of aromatic nitrogens is 1. The fourth-order valence-electron chi connectivity index (χ4n) is 1.86. The van der Waals surface area contributed by atoms with E-state index in [1.165, 1.54) is 11.5 Å². The second-order valence-electron chi connectivity index (χ2n) is 4.64. The Bertz CT molecular complexity index is 751. The highest BCUT2D eigenvalue weighted by Gasteiger charge is 2.30. The number of halogens is 3. The van der Waals surface area contributed by atoms with Crippen molar-refractivity contribution in [2.24, 2.45) is 5.73 Å². The van der Waals surface area contributed by atoms with E-state index in [4.69, 9.17) is 5.73 Å². The number of fused-ring (bicyclic) bond motifs is 1. The minimum atomic E-state index is -4.44. The SMILES string of the molecule is NC(=O)c1cccc(C(F)(F)F)c1.c1ccc2ncccc2c1. The van der Waals surface area contributed by atoms with Crippen LogP contribution in [-0.4, -0.2) is 10.9 Å². The van der Waals surface area contributed by atoms with Crippen LogP contribution in [0, 0.1) is 0 Å². The molecule has 3 nitrogen and oxygen atoms in total. The molecule has 1 amide bonds. The molecule has 3 rings (SSSR count). The van der Waals surface area contributed by atoms with Crippen LogP contribution in [-0.2, 0) is 6.18 Å². The third-order valence-corrected chi connectivity index (χ3v) is 2.99. The van der Waals surface area contributed by atoms with Gasteiger partial charge in [0, 0.05) is 17.1 Å². The number of carbonyl (C=O) groups excluding carboxylic acids is 1. The minimum Gasteiger partial charge on any atom is -0.366 e. The fraction of sp³-hybridized carbons (Fsp3) is 0.0588. The van der Waals surface area contributed by atoms with Gasteiger partial charge in [-0.15, -0.1) is 0 Å². The maximum atomic E-state index is 12.1. The zero-order chi connectivity index (χ0) is 16.9. The highest BCUT2D eigenvalue weighted by Crippen LogP contribution is 2.29. The van der Waals surface area contributed by atoms with Crippen LogP contribution in [0.1, 0.15) is 15.9 Å². The van der Waals surface area contributed by atoms with Crippen molar-refractivity contribution < 1.29 is 18.0 Å². The lowest BCUT2D eigenvalue weighted by Gasteiger charge is -2.06. The van der Waals surface area contributed by atoms with Crippen molar-refractivity contribution >= 4 is 16.8 Å². The number of hydrogen-bond acceptors (Lipinski definition) is 2. The lowest BCUT2D eigenvalue weighted by molar-refractivity contribution is -0.137. The van der Waals surface area contributed by atoms with Crippen LogP contribution < -0.4 is 5.73 Å². The topological polar surface area (TPSA) is 56.0 Å². The largest absolute Gasteiger partial charge is 0.416 e. The van der Waals surface area contributed by atoms with Gasteiger partial charge in [-0.3, -0.25) is 9.78 Å². The number of pyridine rings is 1. The van der Waals surface area contributed by atoms with E-state index in [1.807, 2.05) is 30.5 Å². The molecule has 3 aromatic rings. The summed E-state index contributed by atoms with van der Waals surface area (Å²) in [5.41, 5.74) is 4.86. The maximum absolute atomic E-state index is 12.1. The second kappa shape index (κ2) is 6.91. The first-order valence-corrected chi connectivity index (χ1v) is 6.65. The molecule has 0 atom stereocenters. The number of hydrogen-bond donors (Lipinski definition) is 1.